The maximum Gasteiger partial charge on any atom is 0.0864 e. The van der Waals surface area contributed by atoms with Crippen LogP contribution in [0, 0.1) is 0 Å². The van der Waals surface area contributed by atoms with Gasteiger partial charge in [-0.15, -0.1) is 0 Å². The lowest BCUT2D eigenvalue weighted by Gasteiger charge is -1.83. The highest BCUT2D eigenvalue weighted by atomic mass is 15.8. The molecule has 2 atom stereocenters. The summed E-state index contributed by atoms with van der Waals surface area (Å²) in [5.41, 5.74) is 3.20. The number of hydrogen-bond acceptors (Lipinski definition) is 2. The van der Waals surface area contributed by atoms with Gasteiger partial charge in [0.25, 0.3) is 0 Å². The largest absolute Gasteiger partial charge is 0.235 e. The molecule has 0 bridgehead atoms. The first-order valence-electron chi connectivity index (χ1n) is 2.49. The SMILES string of the molecule is C1C[C@H]2NN2C1. The van der Waals surface area contributed by atoms with Crippen LogP contribution < -0.4 is 5.43 Å². The standard InChI is InChI=1S/C4H8N2/c1-2-4-5-6(4)3-1/h4-5H,1-3H2/t4-,6?/m0/s1. The van der Waals surface area contributed by atoms with E-state index in [9.17, 15) is 0 Å². The summed E-state index contributed by atoms with van der Waals surface area (Å²) in [5, 5.41) is 2.28. The van der Waals surface area contributed by atoms with E-state index in [0.29, 0.717) is 0 Å². The van der Waals surface area contributed by atoms with Crippen LogP contribution in [-0.2, 0) is 0 Å². The lowest BCUT2D eigenvalue weighted by atomic mass is 10.3. The highest BCUT2D eigenvalue weighted by molar-refractivity contribution is 4.84. The molecule has 0 spiro atoms. The zero-order valence-corrected chi connectivity index (χ0v) is 3.65. The molecule has 0 aromatic rings. The van der Waals surface area contributed by atoms with E-state index in [4.69, 9.17) is 0 Å². The van der Waals surface area contributed by atoms with Gasteiger partial charge in [0, 0.05) is 6.54 Å². The molecule has 34 valence electrons. The minimum atomic E-state index is 0.796. The third kappa shape index (κ3) is 0.235. The van der Waals surface area contributed by atoms with Crippen LogP contribution in [0.2, 0.25) is 0 Å². The monoisotopic (exact) mass is 84.1 g/mol. The number of nitrogens with one attached hydrogen (secondary N) is 1. The molecular weight excluding hydrogens is 76.1 g/mol. The average molecular weight is 84.1 g/mol. The van der Waals surface area contributed by atoms with Crippen molar-refractivity contribution in [2.75, 3.05) is 6.54 Å². The zero-order valence-electron chi connectivity index (χ0n) is 3.65. The highest BCUT2D eigenvalue weighted by Gasteiger charge is 2.36. The minimum Gasteiger partial charge on any atom is -0.235 e. The molecule has 1 N–H and O–H groups in total. The number of hydrogen-bond donors (Lipinski definition) is 1. The molecule has 2 saturated heterocycles. The van der Waals surface area contributed by atoms with Gasteiger partial charge in [0.2, 0.25) is 0 Å². The van der Waals surface area contributed by atoms with Gasteiger partial charge in [-0.1, -0.05) is 0 Å². The van der Waals surface area contributed by atoms with Crippen molar-refractivity contribution in [3.8, 4) is 0 Å². The Labute approximate surface area is 37.1 Å². The molecular formula is C4H8N2. The molecule has 6 heavy (non-hydrogen) atoms. The van der Waals surface area contributed by atoms with Crippen LogP contribution in [0.5, 0.6) is 0 Å². The van der Waals surface area contributed by atoms with Crippen molar-refractivity contribution in [3.05, 3.63) is 0 Å². The molecule has 0 aliphatic carbocycles. The van der Waals surface area contributed by atoms with Crippen LogP contribution in [0.15, 0.2) is 0 Å². The van der Waals surface area contributed by atoms with E-state index in [1.54, 1.807) is 0 Å². The molecule has 2 aliphatic rings. The van der Waals surface area contributed by atoms with Gasteiger partial charge in [0.05, 0.1) is 6.17 Å². The summed E-state index contributed by atoms with van der Waals surface area (Å²) in [7, 11) is 0. The molecule has 2 fully saturated rings. The van der Waals surface area contributed by atoms with Crippen LogP contribution >= 0.6 is 0 Å². The van der Waals surface area contributed by atoms with E-state index in [2.05, 4.69) is 10.4 Å². The smallest absolute Gasteiger partial charge is 0.0864 e. The van der Waals surface area contributed by atoms with Crippen molar-refractivity contribution in [2.45, 2.75) is 19.0 Å². The molecule has 2 rings (SSSR count). The second-order valence-electron chi connectivity index (χ2n) is 1.98. The summed E-state index contributed by atoms with van der Waals surface area (Å²) < 4.78 is 0. The van der Waals surface area contributed by atoms with E-state index in [1.165, 1.54) is 19.4 Å². The first-order valence-corrected chi connectivity index (χ1v) is 2.49. The molecule has 0 aromatic carbocycles. The van der Waals surface area contributed by atoms with E-state index >= 15 is 0 Å². The number of fused-ring (bicyclic) bond motifs is 1. The third-order valence-electron chi connectivity index (χ3n) is 1.50. The summed E-state index contributed by atoms with van der Waals surface area (Å²) in [6.45, 7) is 1.28. The first-order chi connectivity index (χ1) is 2.97. The molecule has 0 aromatic heterocycles. The van der Waals surface area contributed by atoms with Crippen LogP contribution in [-0.4, -0.2) is 17.7 Å². The van der Waals surface area contributed by atoms with Crippen molar-refractivity contribution < 1.29 is 0 Å². The number of rotatable bonds is 0. The summed E-state index contributed by atoms with van der Waals surface area (Å²) in [5.74, 6) is 0. The summed E-state index contributed by atoms with van der Waals surface area (Å²) in [6, 6.07) is 0. The van der Waals surface area contributed by atoms with E-state index in [1.807, 2.05) is 0 Å². The van der Waals surface area contributed by atoms with E-state index < -0.39 is 0 Å². The Morgan fingerprint density at radius 3 is 2.83 bits per heavy atom. The summed E-state index contributed by atoms with van der Waals surface area (Å²) in [4.78, 5) is 0. The van der Waals surface area contributed by atoms with Gasteiger partial charge in [0.1, 0.15) is 0 Å². The topological polar surface area (TPSA) is 25.0 Å². The predicted molar refractivity (Wildman–Crippen MR) is 22.9 cm³/mol. The maximum absolute atomic E-state index is 3.20. The number of nitrogens with zero attached hydrogens (tertiary/aromatic N) is 1. The fraction of sp³-hybridized carbons (Fsp3) is 1.00. The van der Waals surface area contributed by atoms with Crippen molar-refractivity contribution in [1.29, 1.82) is 0 Å². The Hall–Kier alpha value is -0.0800. The molecule has 2 heteroatoms. The molecule has 0 radical (unpaired) electrons. The van der Waals surface area contributed by atoms with E-state index in [-0.39, 0.29) is 0 Å². The molecule has 2 heterocycles. The van der Waals surface area contributed by atoms with Crippen LogP contribution in [0.3, 0.4) is 0 Å². The summed E-state index contributed by atoms with van der Waals surface area (Å²) >= 11 is 0. The lowest BCUT2D eigenvalue weighted by Crippen LogP contribution is -1.97. The van der Waals surface area contributed by atoms with Gasteiger partial charge in [-0.25, -0.2) is 10.4 Å². The van der Waals surface area contributed by atoms with Crippen LogP contribution in [0.4, 0.5) is 0 Å². The minimum absolute atomic E-state index is 0.796. The van der Waals surface area contributed by atoms with Crippen molar-refractivity contribution >= 4 is 0 Å². The Balaban J connectivity index is 2.09. The van der Waals surface area contributed by atoms with Crippen LogP contribution in [0.1, 0.15) is 12.8 Å². The van der Waals surface area contributed by atoms with Gasteiger partial charge < -0.3 is 0 Å². The molecule has 2 nitrogen and oxygen atoms in total. The van der Waals surface area contributed by atoms with Crippen molar-refractivity contribution in [3.63, 3.8) is 0 Å². The maximum atomic E-state index is 3.20. The van der Waals surface area contributed by atoms with Crippen LogP contribution in [0.25, 0.3) is 0 Å². The lowest BCUT2D eigenvalue weighted by molar-refractivity contribution is 0.541. The van der Waals surface area contributed by atoms with Gasteiger partial charge in [-0.05, 0) is 12.8 Å². The molecule has 0 amide bonds. The number of hydrazine groups is 1. The highest BCUT2D eigenvalue weighted by Crippen LogP contribution is 2.22. The quantitative estimate of drug-likeness (QED) is 0.415. The molecule has 1 unspecified atom stereocenters. The van der Waals surface area contributed by atoms with Gasteiger partial charge in [-0.3, -0.25) is 0 Å². The van der Waals surface area contributed by atoms with E-state index in [0.717, 1.165) is 6.17 Å². The predicted octanol–water partition coefficient (Wildman–Crippen LogP) is -0.0735. The van der Waals surface area contributed by atoms with Gasteiger partial charge in [-0.2, -0.15) is 0 Å². The average Bonchev–Trinajstić information content (AvgIpc) is 2.17. The Kier molecular flexibility index (Phi) is 0.383. The Bertz CT molecular complexity index is 63.9. The normalized spacial score (nSPS) is 52.0. The summed E-state index contributed by atoms with van der Waals surface area (Å²) in [6.07, 6.45) is 3.57. The Morgan fingerprint density at radius 2 is 2.67 bits per heavy atom. The fourth-order valence-electron chi connectivity index (χ4n) is 1.05. The molecule has 0 saturated carbocycles. The molecule has 2 aliphatic heterocycles. The Morgan fingerprint density at radius 1 is 1.67 bits per heavy atom. The van der Waals surface area contributed by atoms with Gasteiger partial charge in [0.15, 0.2) is 0 Å². The fourth-order valence-corrected chi connectivity index (χ4v) is 1.05. The van der Waals surface area contributed by atoms with Crippen molar-refractivity contribution in [1.82, 2.24) is 10.4 Å². The first kappa shape index (κ1) is 2.99. The second-order valence-corrected chi connectivity index (χ2v) is 1.98. The second kappa shape index (κ2) is 0.768. The van der Waals surface area contributed by atoms with Crippen molar-refractivity contribution in [2.24, 2.45) is 0 Å². The third-order valence-corrected chi connectivity index (χ3v) is 1.50. The zero-order chi connectivity index (χ0) is 3.98. The van der Waals surface area contributed by atoms with Gasteiger partial charge >= 0.3 is 0 Å².